The Morgan fingerprint density at radius 2 is 2.29 bits per heavy atom. The van der Waals surface area contributed by atoms with Crippen LogP contribution in [0.1, 0.15) is 5.56 Å². The summed E-state index contributed by atoms with van der Waals surface area (Å²) < 4.78 is 0. The van der Waals surface area contributed by atoms with Crippen LogP contribution in [0.3, 0.4) is 0 Å². The summed E-state index contributed by atoms with van der Waals surface area (Å²) in [7, 11) is 1.86. The van der Waals surface area contributed by atoms with Crippen LogP contribution in [0.5, 0.6) is 0 Å². The van der Waals surface area contributed by atoms with Crippen molar-refractivity contribution in [3.8, 4) is 0 Å². The molecule has 0 spiro atoms. The zero-order valence-electron chi connectivity index (χ0n) is 11.4. The van der Waals surface area contributed by atoms with Gasteiger partial charge >= 0.3 is 0 Å². The quantitative estimate of drug-likeness (QED) is 0.663. The molecule has 2 aliphatic heterocycles. The topological polar surface area (TPSA) is 40.0 Å². The lowest BCUT2D eigenvalue weighted by atomic mass is 10.1. The first kappa shape index (κ1) is 14.8. The molecule has 1 aromatic rings. The molecule has 0 saturated heterocycles. The molecule has 1 aromatic carbocycles. The van der Waals surface area contributed by atoms with Crippen LogP contribution in [0.25, 0.3) is 5.03 Å². The van der Waals surface area contributed by atoms with Gasteiger partial charge in [-0.2, -0.15) is 5.10 Å². The molecule has 21 heavy (non-hydrogen) atoms. The number of hydrogen-bond donors (Lipinski definition) is 1. The first-order chi connectivity index (χ1) is 10.1. The second-order valence-corrected chi connectivity index (χ2v) is 6.50. The van der Waals surface area contributed by atoms with E-state index >= 15 is 0 Å². The summed E-state index contributed by atoms with van der Waals surface area (Å²) in [4.78, 5) is 5.46. The summed E-state index contributed by atoms with van der Waals surface area (Å²) in [5.41, 5.74) is 1.96. The van der Waals surface area contributed by atoms with Gasteiger partial charge in [-0.05, 0) is 18.2 Å². The van der Waals surface area contributed by atoms with Gasteiger partial charge in [0, 0.05) is 40.4 Å². The lowest BCUT2D eigenvalue weighted by Gasteiger charge is -2.18. The normalized spacial score (nSPS) is 17.8. The minimum absolute atomic E-state index is 0.687. The largest absolute Gasteiger partial charge is 0.353 e. The summed E-state index contributed by atoms with van der Waals surface area (Å²) >= 11 is 14.3. The molecule has 4 nitrogen and oxygen atoms in total. The van der Waals surface area contributed by atoms with Crippen molar-refractivity contribution in [2.45, 2.75) is 4.90 Å². The minimum atomic E-state index is 0.687. The maximum atomic E-state index is 6.48. The van der Waals surface area contributed by atoms with Gasteiger partial charge in [-0.25, -0.2) is 10.0 Å². The highest BCUT2D eigenvalue weighted by Gasteiger charge is 2.18. The summed E-state index contributed by atoms with van der Waals surface area (Å²) in [6, 6.07) is 5.78. The van der Waals surface area contributed by atoms with Crippen molar-refractivity contribution in [3.63, 3.8) is 0 Å². The van der Waals surface area contributed by atoms with Gasteiger partial charge in [0.1, 0.15) is 0 Å². The van der Waals surface area contributed by atoms with Crippen LogP contribution in [0.2, 0.25) is 5.02 Å². The van der Waals surface area contributed by atoms with E-state index in [1.165, 1.54) is 0 Å². The Balaban J connectivity index is 1.83. The SMILES string of the molecule is CN(/N=C/C1=C(Cl)c2cc(Cl)ccc2SC1)C1=NCCN1. The van der Waals surface area contributed by atoms with Gasteiger partial charge in [0.15, 0.2) is 0 Å². The van der Waals surface area contributed by atoms with Crippen molar-refractivity contribution >= 4 is 52.2 Å². The standard InChI is InChI=1S/C14H14Cl2N4S/c1-20(14-17-4-5-18-14)19-7-9-8-21-12-3-2-10(15)6-11(12)13(9)16/h2-3,6-7H,4-5,8H2,1H3,(H,17,18)/b19-7+. The highest BCUT2D eigenvalue weighted by Crippen LogP contribution is 2.39. The van der Waals surface area contributed by atoms with Crippen LogP contribution < -0.4 is 5.32 Å². The van der Waals surface area contributed by atoms with Crippen LogP contribution in [0, 0.1) is 0 Å². The number of nitrogens with zero attached hydrogens (tertiary/aromatic N) is 3. The Hall–Kier alpha value is -1.17. The number of hydrogen-bond acceptors (Lipinski definition) is 5. The molecule has 0 amide bonds. The van der Waals surface area contributed by atoms with E-state index in [2.05, 4.69) is 15.4 Å². The van der Waals surface area contributed by atoms with Gasteiger partial charge < -0.3 is 5.32 Å². The molecule has 0 aromatic heterocycles. The van der Waals surface area contributed by atoms with E-state index < -0.39 is 0 Å². The van der Waals surface area contributed by atoms with E-state index in [1.807, 2.05) is 25.2 Å². The van der Waals surface area contributed by atoms with Crippen molar-refractivity contribution in [1.29, 1.82) is 0 Å². The molecule has 0 unspecified atom stereocenters. The fraction of sp³-hybridized carbons (Fsp3) is 0.286. The fourth-order valence-electron chi connectivity index (χ4n) is 2.10. The van der Waals surface area contributed by atoms with E-state index in [0.29, 0.717) is 10.1 Å². The Morgan fingerprint density at radius 3 is 3.05 bits per heavy atom. The molecule has 0 bridgehead atoms. The zero-order valence-corrected chi connectivity index (χ0v) is 13.8. The second-order valence-electron chi connectivity index (χ2n) is 4.67. The Bertz CT molecular complexity index is 654. The van der Waals surface area contributed by atoms with E-state index in [1.54, 1.807) is 23.0 Å². The highest BCUT2D eigenvalue weighted by molar-refractivity contribution is 7.99. The Labute approximate surface area is 137 Å². The predicted molar refractivity (Wildman–Crippen MR) is 91.5 cm³/mol. The summed E-state index contributed by atoms with van der Waals surface area (Å²) in [6.07, 6.45) is 1.79. The zero-order chi connectivity index (χ0) is 14.8. The Kier molecular flexibility index (Phi) is 4.42. The van der Waals surface area contributed by atoms with Crippen LogP contribution in [0.15, 0.2) is 38.8 Å². The lowest BCUT2D eigenvalue weighted by molar-refractivity contribution is 0.530. The summed E-state index contributed by atoms with van der Waals surface area (Å²) in [5, 5.41) is 10.7. The minimum Gasteiger partial charge on any atom is -0.353 e. The monoisotopic (exact) mass is 340 g/mol. The number of rotatable bonds is 2. The molecular formula is C14H14Cl2N4S. The van der Waals surface area contributed by atoms with Crippen LogP contribution in [-0.4, -0.2) is 43.1 Å². The average Bonchev–Trinajstić information content (AvgIpc) is 3.01. The molecule has 7 heteroatoms. The average molecular weight is 341 g/mol. The van der Waals surface area contributed by atoms with Gasteiger partial charge in [-0.1, -0.05) is 23.2 Å². The number of halogens is 2. The van der Waals surface area contributed by atoms with Crippen LogP contribution in [-0.2, 0) is 0 Å². The third-order valence-corrected chi connectivity index (χ3v) is 5.00. The second kappa shape index (κ2) is 6.30. The third kappa shape index (κ3) is 3.20. The van der Waals surface area contributed by atoms with Gasteiger partial charge in [-0.3, -0.25) is 0 Å². The van der Waals surface area contributed by atoms with Crippen LogP contribution in [0.4, 0.5) is 0 Å². The van der Waals surface area contributed by atoms with E-state index in [0.717, 1.165) is 40.8 Å². The molecule has 1 N–H and O–H groups in total. The van der Waals surface area contributed by atoms with Crippen molar-refractivity contribution in [3.05, 3.63) is 34.4 Å². The predicted octanol–water partition coefficient (Wildman–Crippen LogP) is 3.27. The van der Waals surface area contributed by atoms with Crippen molar-refractivity contribution in [2.75, 3.05) is 25.9 Å². The van der Waals surface area contributed by atoms with E-state index in [4.69, 9.17) is 23.2 Å². The molecule has 110 valence electrons. The Morgan fingerprint density at radius 1 is 1.43 bits per heavy atom. The number of hydrazone groups is 1. The van der Waals surface area contributed by atoms with Gasteiger partial charge in [0.2, 0.25) is 5.96 Å². The third-order valence-electron chi connectivity index (χ3n) is 3.19. The number of nitrogens with one attached hydrogen (secondary N) is 1. The van der Waals surface area contributed by atoms with Crippen molar-refractivity contribution < 1.29 is 0 Å². The summed E-state index contributed by atoms with van der Waals surface area (Å²) in [6.45, 7) is 1.65. The molecule has 0 radical (unpaired) electrons. The van der Waals surface area contributed by atoms with Crippen molar-refractivity contribution in [2.24, 2.45) is 10.1 Å². The number of aliphatic imine (C=N–C) groups is 1. The molecule has 0 atom stereocenters. The molecule has 0 saturated carbocycles. The lowest BCUT2D eigenvalue weighted by Crippen LogP contribution is -2.32. The maximum Gasteiger partial charge on any atom is 0.214 e. The highest BCUT2D eigenvalue weighted by atomic mass is 35.5. The number of fused-ring (bicyclic) bond motifs is 1. The number of thioether (sulfide) groups is 1. The van der Waals surface area contributed by atoms with E-state index in [9.17, 15) is 0 Å². The van der Waals surface area contributed by atoms with E-state index in [-0.39, 0.29) is 0 Å². The van der Waals surface area contributed by atoms with Gasteiger partial charge in [0.25, 0.3) is 0 Å². The molecule has 0 fully saturated rings. The first-order valence-corrected chi connectivity index (χ1v) is 8.26. The van der Waals surface area contributed by atoms with Crippen LogP contribution >= 0.6 is 35.0 Å². The molecule has 0 aliphatic carbocycles. The first-order valence-electron chi connectivity index (χ1n) is 6.52. The molecular weight excluding hydrogens is 327 g/mol. The van der Waals surface area contributed by atoms with Gasteiger partial charge in [0.05, 0.1) is 17.8 Å². The number of guanidine groups is 1. The molecule has 3 rings (SSSR count). The number of benzene rings is 1. The summed E-state index contributed by atoms with van der Waals surface area (Å²) in [5.74, 6) is 1.58. The molecule has 2 aliphatic rings. The van der Waals surface area contributed by atoms with Crippen molar-refractivity contribution in [1.82, 2.24) is 10.3 Å². The smallest absolute Gasteiger partial charge is 0.214 e. The maximum absolute atomic E-state index is 6.48. The molecule has 2 heterocycles. The van der Waals surface area contributed by atoms with Gasteiger partial charge in [-0.15, -0.1) is 11.8 Å². The fourth-order valence-corrected chi connectivity index (χ4v) is 3.69.